The summed E-state index contributed by atoms with van der Waals surface area (Å²) in [5.41, 5.74) is 11.1. The molecule has 0 bridgehead atoms. The highest BCUT2D eigenvalue weighted by Crippen LogP contribution is 2.30. The topological polar surface area (TPSA) is 72.2 Å². The van der Waals surface area contributed by atoms with Gasteiger partial charge in [-0.05, 0) is 75.3 Å². The van der Waals surface area contributed by atoms with E-state index in [1.807, 2.05) is 34.6 Å². The maximum Gasteiger partial charge on any atom is 0.241 e. The van der Waals surface area contributed by atoms with Crippen LogP contribution in [-0.4, -0.2) is 20.5 Å². The molecule has 0 amide bonds. The van der Waals surface area contributed by atoms with Crippen LogP contribution < -0.4 is 10.5 Å². The number of hydrogen-bond donors (Lipinski definition) is 2. The van der Waals surface area contributed by atoms with Crippen LogP contribution >= 0.6 is 0 Å². The molecule has 1 saturated carbocycles. The molecule has 0 radical (unpaired) electrons. The maximum absolute atomic E-state index is 12.9. The zero-order chi connectivity index (χ0) is 16.7. The molecule has 2 rings (SSSR count). The second-order valence-electron chi connectivity index (χ2n) is 6.63. The summed E-state index contributed by atoms with van der Waals surface area (Å²) in [4.78, 5) is 0.436. The summed E-state index contributed by atoms with van der Waals surface area (Å²) in [5, 5.41) is 0. The third-order valence-electron chi connectivity index (χ3n) is 5.33. The summed E-state index contributed by atoms with van der Waals surface area (Å²) in [6.07, 6.45) is 3.82. The zero-order valence-corrected chi connectivity index (χ0v) is 15.1. The minimum absolute atomic E-state index is 0.0863. The van der Waals surface area contributed by atoms with E-state index < -0.39 is 10.0 Å². The summed E-state index contributed by atoms with van der Waals surface area (Å²) in [7, 11) is -3.55. The lowest BCUT2D eigenvalue weighted by atomic mass is 9.92. The van der Waals surface area contributed by atoms with Gasteiger partial charge in [0.25, 0.3) is 0 Å². The van der Waals surface area contributed by atoms with Crippen molar-refractivity contribution in [1.29, 1.82) is 0 Å². The van der Waals surface area contributed by atoms with Crippen LogP contribution in [0.3, 0.4) is 0 Å². The van der Waals surface area contributed by atoms with E-state index in [1.54, 1.807) is 0 Å². The van der Waals surface area contributed by atoms with Gasteiger partial charge < -0.3 is 5.73 Å². The lowest BCUT2D eigenvalue weighted by molar-refractivity contribution is 0.361. The van der Waals surface area contributed by atoms with Gasteiger partial charge in [-0.25, -0.2) is 13.1 Å². The monoisotopic (exact) mass is 324 g/mol. The van der Waals surface area contributed by atoms with Crippen molar-refractivity contribution >= 4 is 10.0 Å². The largest absolute Gasteiger partial charge is 0.326 e. The molecular formula is C17H28N2O2S. The molecule has 4 nitrogen and oxygen atoms in total. The van der Waals surface area contributed by atoms with Crippen LogP contribution in [0.25, 0.3) is 0 Å². The molecule has 0 saturated heterocycles. The van der Waals surface area contributed by atoms with Crippen LogP contribution in [0.15, 0.2) is 4.90 Å². The maximum atomic E-state index is 12.9. The van der Waals surface area contributed by atoms with Gasteiger partial charge in [0.15, 0.2) is 0 Å². The molecule has 0 spiro atoms. The van der Waals surface area contributed by atoms with Crippen LogP contribution in [-0.2, 0) is 10.0 Å². The lowest BCUT2D eigenvalue weighted by Crippen LogP contribution is -2.49. The summed E-state index contributed by atoms with van der Waals surface area (Å²) in [6, 6.07) is -0.240. The zero-order valence-electron chi connectivity index (χ0n) is 14.3. The summed E-state index contributed by atoms with van der Waals surface area (Å²) >= 11 is 0. The minimum atomic E-state index is -3.55. The first-order valence-electron chi connectivity index (χ1n) is 8.01. The molecular weight excluding hydrogens is 296 g/mol. The second kappa shape index (κ2) is 6.30. The van der Waals surface area contributed by atoms with Crippen molar-refractivity contribution in [2.75, 3.05) is 0 Å². The van der Waals surface area contributed by atoms with Gasteiger partial charge in [-0.1, -0.05) is 12.8 Å². The molecule has 0 heterocycles. The second-order valence-corrected chi connectivity index (χ2v) is 8.28. The molecule has 1 aromatic rings. The van der Waals surface area contributed by atoms with Crippen molar-refractivity contribution in [3.8, 4) is 0 Å². The van der Waals surface area contributed by atoms with Gasteiger partial charge in [-0.15, -0.1) is 0 Å². The van der Waals surface area contributed by atoms with Gasteiger partial charge in [0, 0.05) is 12.1 Å². The first-order chi connectivity index (χ1) is 10.2. The molecule has 2 unspecified atom stereocenters. The summed E-state index contributed by atoms with van der Waals surface area (Å²) in [5.74, 6) is 0. The van der Waals surface area contributed by atoms with E-state index in [-0.39, 0.29) is 12.1 Å². The first-order valence-corrected chi connectivity index (χ1v) is 9.50. The molecule has 22 heavy (non-hydrogen) atoms. The highest BCUT2D eigenvalue weighted by atomic mass is 32.2. The number of sulfonamides is 1. The predicted molar refractivity (Wildman–Crippen MR) is 90.7 cm³/mol. The molecule has 5 heteroatoms. The minimum Gasteiger partial charge on any atom is -0.326 e. The molecule has 1 aromatic carbocycles. The molecule has 1 fully saturated rings. The van der Waals surface area contributed by atoms with Crippen molar-refractivity contribution in [3.05, 3.63) is 27.8 Å². The first kappa shape index (κ1) is 17.4. The normalized spacial score (nSPS) is 22.8. The summed E-state index contributed by atoms with van der Waals surface area (Å²) in [6.45, 7) is 9.81. The lowest BCUT2D eigenvalue weighted by Gasteiger charge is -2.30. The predicted octanol–water partition coefficient (Wildman–Crippen LogP) is 2.78. The van der Waals surface area contributed by atoms with E-state index in [4.69, 9.17) is 5.73 Å². The number of nitrogens with two attached hydrogens (primary N) is 1. The molecule has 0 aliphatic heterocycles. The molecule has 0 aromatic heterocycles. The highest BCUT2D eigenvalue weighted by Gasteiger charge is 2.30. The van der Waals surface area contributed by atoms with E-state index in [1.165, 1.54) is 5.56 Å². The Labute approximate surface area is 134 Å². The number of rotatable bonds is 3. The molecule has 2 atom stereocenters. The van der Waals surface area contributed by atoms with Crippen molar-refractivity contribution in [2.45, 2.75) is 77.3 Å². The quantitative estimate of drug-likeness (QED) is 0.898. The standard InChI is InChI=1S/C17H28N2O2S/c1-10-11(2)13(4)17(14(5)12(10)3)22(20,21)19-16-9-7-6-8-15(16)18/h15-16,19H,6-9,18H2,1-5H3. The Kier molecular flexibility index (Phi) is 5.00. The fourth-order valence-electron chi connectivity index (χ4n) is 3.43. The van der Waals surface area contributed by atoms with Gasteiger partial charge in [-0.2, -0.15) is 0 Å². The van der Waals surface area contributed by atoms with Crippen molar-refractivity contribution in [3.63, 3.8) is 0 Å². The van der Waals surface area contributed by atoms with Gasteiger partial charge in [0.05, 0.1) is 4.90 Å². The smallest absolute Gasteiger partial charge is 0.241 e. The van der Waals surface area contributed by atoms with E-state index >= 15 is 0 Å². The van der Waals surface area contributed by atoms with E-state index in [0.717, 1.165) is 47.9 Å². The van der Waals surface area contributed by atoms with Crippen LogP contribution in [0.1, 0.15) is 53.5 Å². The van der Waals surface area contributed by atoms with E-state index in [0.29, 0.717) is 4.90 Å². The average Bonchev–Trinajstić information content (AvgIpc) is 2.45. The highest BCUT2D eigenvalue weighted by molar-refractivity contribution is 7.89. The van der Waals surface area contributed by atoms with Gasteiger partial charge in [-0.3, -0.25) is 0 Å². The summed E-state index contributed by atoms with van der Waals surface area (Å²) < 4.78 is 28.7. The fourth-order valence-corrected chi connectivity index (χ4v) is 5.35. The van der Waals surface area contributed by atoms with Crippen molar-refractivity contribution in [1.82, 2.24) is 4.72 Å². The van der Waals surface area contributed by atoms with Crippen LogP contribution in [0.2, 0.25) is 0 Å². The molecule has 1 aliphatic rings. The van der Waals surface area contributed by atoms with Gasteiger partial charge >= 0.3 is 0 Å². The third kappa shape index (κ3) is 3.07. The molecule has 3 N–H and O–H groups in total. The Hall–Kier alpha value is -0.910. The van der Waals surface area contributed by atoms with Crippen molar-refractivity contribution in [2.24, 2.45) is 5.73 Å². The Morgan fingerprint density at radius 1 is 0.864 bits per heavy atom. The van der Waals surface area contributed by atoms with Gasteiger partial charge in [0.2, 0.25) is 10.0 Å². The third-order valence-corrected chi connectivity index (χ3v) is 7.09. The van der Waals surface area contributed by atoms with Crippen LogP contribution in [0.5, 0.6) is 0 Å². The Morgan fingerprint density at radius 3 is 1.82 bits per heavy atom. The van der Waals surface area contributed by atoms with Crippen LogP contribution in [0, 0.1) is 34.6 Å². The number of benzene rings is 1. The SMILES string of the molecule is Cc1c(C)c(C)c(S(=O)(=O)NC2CCCCC2N)c(C)c1C. The van der Waals surface area contributed by atoms with Crippen molar-refractivity contribution < 1.29 is 8.42 Å². The molecule has 1 aliphatic carbocycles. The Morgan fingerprint density at radius 2 is 1.32 bits per heavy atom. The number of hydrogen-bond acceptors (Lipinski definition) is 3. The Balaban J connectivity index is 2.46. The Bertz CT molecular complexity index is 651. The van der Waals surface area contributed by atoms with E-state index in [9.17, 15) is 8.42 Å². The number of nitrogens with one attached hydrogen (secondary N) is 1. The fraction of sp³-hybridized carbons (Fsp3) is 0.647. The average molecular weight is 324 g/mol. The van der Waals surface area contributed by atoms with Crippen LogP contribution in [0.4, 0.5) is 0 Å². The van der Waals surface area contributed by atoms with Gasteiger partial charge in [0.1, 0.15) is 0 Å². The van der Waals surface area contributed by atoms with E-state index in [2.05, 4.69) is 4.72 Å². The molecule has 124 valence electrons.